The van der Waals surface area contributed by atoms with Crippen LogP contribution in [0.4, 0.5) is 0 Å². The maximum atomic E-state index is 12.1. The maximum absolute atomic E-state index is 12.1. The molecule has 0 aromatic carbocycles. The van der Waals surface area contributed by atoms with Crippen LogP contribution < -0.4 is 5.32 Å². The molecule has 0 spiro atoms. The molecule has 0 aromatic heterocycles. The van der Waals surface area contributed by atoms with Crippen LogP contribution >= 0.6 is 0 Å². The summed E-state index contributed by atoms with van der Waals surface area (Å²) in [4.78, 5) is 12.1. The predicted molar refractivity (Wildman–Crippen MR) is 72.2 cm³/mol. The number of hydrogen-bond acceptors (Lipinski definition) is 2. The van der Waals surface area contributed by atoms with Gasteiger partial charge in [0.1, 0.15) is 0 Å². The van der Waals surface area contributed by atoms with Gasteiger partial charge in [-0.25, -0.2) is 0 Å². The molecule has 3 heteroatoms. The van der Waals surface area contributed by atoms with Crippen LogP contribution in [0.25, 0.3) is 0 Å². The molecule has 104 valence electrons. The third-order valence-electron chi connectivity index (χ3n) is 4.76. The maximum Gasteiger partial charge on any atom is 0.223 e. The van der Waals surface area contributed by atoms with E-state index < -0.39 is 5.60 Å². The number of aliphatic hydroxyl groups is 1. The van der Waals surface area contributed by atoms with E-state index in [0.29, 0.717) is 6.54 Å². The Balaban J connectivity index is 1.74. The summed E-state index contributed by atoms with van der Waals surface area (Å²) in [6.07, 6.45) is 9.46. The van der Waals surface area contributed by atoms with Crippen molar-refractivity contribution in [2.45, 2.75) is 70.3 Å². The highest BCUT2D eigenvalue weighted by atomic mass is 16.3. The van der Waals surface area contributed by atoms with Gasteiger partial charge in [0.25, 0.3) is 0 Å². The van der Waals surface area contributed by atoms with Gasteiger partial charge in [-0.1, -0.05) is 26.2 Å². The summed E-state index contributed by atoms with van der Waals surface area (Å²) in [5, 5.41) is 13.3. The first-order valence-electron chi connectivity index (χ1n) is 7.59. The lowest BCUT2D eigenvalue weighted by molar-refractivity contribution is -0.127. The van der Waals surface area contributed by atoms with E-state index in [2.05, 4.69) is 12.2 Å². The molecule has 2 saturated carbocycles. The Morgan fingerprint density at radius 1 is 1.17 bits per heavy atom. The zero-order valence-electron chi connectivity index (χ0n) is 11.6. The zero-order valence-corrected chi connectivity index (χ0v) is 11.6. The molecule has 0 radical (unpaired) electrons. The highest BCUT2D eigenvalue weighted by molar-refractivity contribution is 5.78. The van der Waals surface area contributed by atoms with Crippen molar-refractivity contribution in [3.05, 3.63) is 0 Å². The first-order valence-corrected chi connectivity index (χ1v) is 7.59. The van der Waals surface area contributed by atoms with Gasteiger partial charge in [0.05, 0.1) is 5.60 Å². The van der Waals surface area contributed by atoms with E-state index in [1.807, 2.05) is 0 Å². The normalized spacial score (nSPS) is 31.9. The van der Waals surface area contributed by atoms with Crippen molar-refractivity contribution in [1.29, 1.82) is 0 Å². The van der Waals surface area contributed by atoms with Gasteiger partial charge >= 0.3 is 0 Å². The predicted octanol–water partition coefficient (Wildman–Crippen LogP) is 2.62. The van der Waals surface area contributed by atoms with Crippen LogP contribution in [0.3, 0.4) is 0 Å². The average Bonchev–Trinajstić information content (AvgIpc) is 2.38. The molecular formula is C15H27NO2. The summed E-state index contributed by atoms with van der Waals surface area (Å²) >= 11 is 0. The molecule has 2 rings (SSSR count). The summed E-state index contributed by atoms with van der Waals surface area (Å²) in [5.41, 5.74) is -0.629. The van der Waals surface area contributed by atoms with E-state index in [1.54, 1.807) is 0 Å². The van der Waals surface area contributed by atoms with Crippen LogP contribution in [0.1, 0.15) is 64.7 Å². The second kappa shape index (κ2) is 6.05. The average molecular weight is 253 g/mol. The van der Waals surface area contributed by atoms with Gasteiger partial charge in [0, 0.05) is 12.5 Å². The van der Waals surface area contributed by atoms with Crippen molar-refractivity contribution in [3.8, 4) is 0 Å². The first-order chi connectivity index (χ1) is 8.59. The molecule has 0 saturated heterocycles. The van der Waals surface area contributed by atoms with Gasteiger partial charge in [-0.15, -0.1) is 0 Å². The summed E-state index contributed by atoms with van der Waals surface area (Å²) < 4.78 is 0. The van der Waals surface area contributed by atoms with Gasteiger partial charge in [-0.05, 0) is 44.4 Å². The van der Waals surface area contributed by atoms with Crippen molar-refractivity contribution in [2.75, 3.05) is 6.54 Å². The monoisotopic (exact) mass is 253 g/mol. The third-order valence-corrected chi connectivity index (χ3v) is 4.76. The fraction of sp³-hybridized carbons (Fsp3) is 0.933. The minimum absolute atomic E-state index is 0.167. The van der Waals surface area contributed by atoms with Crippen LogP contribution in [0.15, 0.2) is 0 Å². The Bertz CT molecular complexity index is 276. The largest absolute Gasteiger partial charge is 0.388 e. The van der Waals surface area contributed by atoms with E-state index in [1.165, 1.54) is 19.3 Å². The topological polar surface area (TPSA) is 49.3 Å². The summed E-state index contributed by atoms with van der Waals surface area (Å²) in [6.45, 7) is 2.72. The van der Waals surface area contributed by atoms with E-state index in [0.717, 1.165) is 44.4 Å². The fourth-order valence-corrected chi connectivity index (χ4v) is 3.30. The minimum atomic E-state index is -0.629. The van der Waals surface area contributed by atoms with E-state index in [4.69, 9.17) is 0 Å². The van der Waals surface area contributed by atoms with E-state index in [-0.39, 0.29) is 11.8 Å². The lowest BCUT2D eigenvalue weighted by Gasteiger charge is -2.33. The molecule has 2 aliphatic carbocycles. The van der Waals surface area contributed by atoms with E-state index in [9.17, 15) is 9.90 Å². The number of amides is 1. The summed E-state index contributed by atoms with van der Waals surface area (Å²) in [6, 6.07) is 0. The number of rotatable bonds is 3. The highest BCUT2D eigenvalue weighted by Crippen LogP contribution is 2.30. The Kier molecular flexibility index (Phi) is 4.66. The lowest BCUT2D eigenvalue weighted by atomic mass is 9.82. The molecule has 0 unspecified atom stereocenters. The number of carbonyl (C=O) groups is 1. The van der Waals surface area contributed by atoms with Crippen molar-refractivity contribution in [3.63, 3.8) is 0 Å². The van der Waals surface area contributed by atoms with Crippen molar-refractivity contribution in [1.82, 2.24) is 5.32 Å². The molecule has 0 heterocycles. The van der Waals surface area contributed by atoms with E-state index >= 15 is 0 Å². The van der Waals surface area contributed by atoms with Crippen molar-refractivity contribution >= 4 is 5.91 Å². The molecule has 0 aromatic rings. The first kappa shape index (κ1) is 13.9. The van der Waals surface area contributed by atoms with Gasteiger partial charge in [0.15, 0.2) is 0 Å². The fourth-order valence-electron chi connectivity index (χ4n) is 3.30. The summed E-state index contributed by atoms with van der Waals surface area (Å²) in [5.74, 6) is 1.13. The molecule has 2 fully saturated rings. The van der Waals surface area contributed by atoms with Crippen molar-refractivity contribution in [2.24, 2.45) is 11.8 Å². The van der Waals surface area contributed by atoms with Crippen LogP contribution in [0, 0.1) is 11.8 Å². The van der Waals surface area contributed by atoms with Gasteiger partial charge in [-0.3, -0.25) is 4.79 Å². The Hall–Kier alpha value is -0.570. The van der Waals surface area contributed by atoms with Crippen LogP contribution in [0.2, 0.25) is 0 Å². The highest BCUT2D eigenvalue weighted by Gasteiger charge is 2.31. The third kappa shape index (κ3) is 3.71. The van der Waals surface area contributed by atoms with Gasteiger partial charge in [-0.2, -0.15) is 0 Å². The zero-order chi connectivity index (χ0) is 13.0. The Morgan fingerprint density at radius 3 is 2.39 bits per heavy atom. The summed E-state index contributed by atoms with van der Waals surface area (Å²) in [7, 11) is 0. The quantitative estimate of drug-likeness (QED) is 0.812. The molecule has 1 amide bonds. The second-order valence-corrected chi connectivity index (χ2v) is 6.46. The van der Waals surface area contributed by atoms with Gasteiger partial charge in [0.2, 0.25) is 5.91 Å². The number of hydrogen-bond donors (Lipinski definition) is 2. The molecular weight excluding hydrogens is 226 g/mol. The molecule has 3 nitrogen and oxygen atoms in total. The van der Waals surface area contributed by atoms with Crippen molar-refractivity contribution < 1.29 is 9.90 Å². The van der Waals surface area contributed by atoms with Crippen LogP contribution in [-0.2, 0) is 4.79 Å². The Labute approximate surface area is 110 Å². The smallest absolute Gasteiger partial charge is 0.223 e. The standard InChI is InChI=1S/C15H27NO2/c1-12-5-7-13(8-6-12)14(17)16-11-15(18)9-3-2-4-10-15/h12-13,18H,2-11H2,1H3,(H,16,17). The molecule has 0 atom stereocenters. The van der Waals surface area contributed by atoms with Crippen LogP contribution in [0.5, 0.6) is 0 Å². The molecule has 2 N–H and O–H groups in total. The van der Waals surface area contributed by atoms with Crippen LogP contribution in [-0.4, -0.2) is 23.2 Å². The van der Waals surface area contributed by atoms with Gasteiger partial charge < -0.3 is 10.4 Å². The Morgan fingerprint density at radius 2 is 1.78 bits per heavy atom. The molecule has 0 aliphatic heterocycles. The SMILES string of the molecule is CC1CCC(C(=O)NCC2(O)CCCCC2)CC1. The number of nitrogens with one attached hydrogen (secondary N) is 1. The second-order valence-electron chi connectivity index (χ2n) is 6.46. The lowest BCUT2D eigenvalue weighted by Crippen LogP contribution is -2.46. The molecule has 2 aliphatic rings. The number of carbonyl (C=O) groups excluding carboxylic acids is 1. The molecule has 18 heavy (non-hydrogen) atoms. The molecule has 0 bridgehead atoms. The minimum Gasteiger partial charge on any atom is -0.388 e.